The topological polar surface area (TPSA) is 38.3 Å². The van der Waals surface area contributed by atoms with Crippen LogP contribution in [0.3, 0.4) is 0 Å². The number of carbonyl (C=O) groups is 1. The lowest BCUT2D eigenvalue weighted by Crippen LogP contribution is -2.17. The first-order valence-corrected chi connectivity index (χ1v) is 5.33. The molecule has 86 valence electrons. The number of carbonyl (C=O) groups excluding carboxylic acids is 1. The van der Waals surface area contributed by atoms with E-state index in [0.717, 1.165) is 17.7 Å². The molecule has 1 N–H and O–H groups in total. The van der Waals surface area contributed by atoms with E-state index in [1.165, 1.54) is 6.92 Å². The van der Waals surface area contributed by atoms with E-state index in [1.54, 1.807) is 0 Å². The Hall–Kier alpha value is -1.77. The van der Waals surface area contributed by atoms with Crippen molar-refractivity contribution in [2.45, 2.75) is 20.3 Å². The van der Waals surface area contributed by atoms with Crippen LogP contribution in [-0.2, 0) is 4.79 Å². The van der Waals surface area contributed by atoms with Crippen LogP contribution in [0.1, 0.15) is 25.8 Å². The van der Waals surface area contributed by atoms with Crippen molar-refractivity contribution in [3.05, 3.63) is 36.4 Å². The van der Waals surface area contributed by atoms with Gasteiger partial charge in [0.25, 0.3) is 0 Å². The van der Waals surface area contributed by atoms with Crippen LogP contribution in [0.2, 0.25) is 0 Å². The van der Waals surface area contributed by atoms with Gasteiger partial charge in [0.15, 0.2) is 0 Å². The second-order valence-electron chi connectivity index (χ2n) is 3.53. The highest BCUT2D eigenvalue weighted by Gasteiger charge is 2.00. The molecule has 0 unspecified atom stereocenters. The van der Waals surface area contributed by atoms with Crippen molar-refractivity contribution < 1.29 is 9.53 Å². The van der Waals surface area contributed by atoms with Gasteiger partial charge in [0.2, 0.25) is 5.91 Å². The quantitative estimate of drug-likeness (QED) is 0.826. The molecule has 0 radical (unpaired) electrons. The summed E-state index contributed by atoms with van der Waals surface area (Å²) in [6, 6.07) is 7.50. The highest BCUT2D eigenvalue weighted by atomic mass is 16.5. The zero-order valence-electron chi connectivity index (χ0n) is 9.75. The van der Waals surface area contributed by atoms with Crippen molar-refractivity contribution >= 4 is 11.6 Å². The summed E-state index contributed by atoms with van der Waals surface area (Å²) in [5.74, 6) is 0.720. The van der Waals surface area contributed by atoms with Crippen molar-refractivity contribution in [3.8, 4) is 5.75 Å². The maximum atomic E-state index is 10.8. The number of nitrogens with one attached hydrogen (secondary N) is 1. The van der Waals surface area contributed by atoms with Gasteiger partial charge in [-0.3, -0.25) is 4.79 Å². The van der Waals surface area contributed by atoms with Crippen LogP contribution >= 0.6 is 0 Å². The van der Waals surface area contributed by atoms with E-state index in [1.807, 2.05) is 24.3 Å². The van der Waals surface area contributed by atoms with Crippen molar-refractivity contribution in [1.29, 1.82) is 0 Å². The largest absolute Gasteiger partial charge is 0.494 e. The van der Waals surface area contributed by atoms with Crippen molar-refractivity contribution in [2.24, 2.45) is 0 Å². The number of rotatable bonds is 5. The molecule has 0 saturated carbocycles. The molecule has 0 spiro atoms. The molecular weight excluding hydrogens is 202 g/mol. The Morgan fingerprint density at radius 2 is 2.00 bits per heavy atom. The van der Waals surface area contributed by atoms with E-state index in [4.69, 9.17) is 4.74 Å². The van der Waals surface area contributed by atoms with Crippen molar-refractivity contribution in [2.75, 3.05) is 6.61 Å². The van der Waals surface area contributed by atoms with Crippen molar-refractivity contribution in [1.82, 2.24) is 5.32 Å². The molecule has 0 heterocycles. The molecule has 0 aliphatic carbocycles. The number of benzene rings is 1. The standard InChI is InChI=1S/C13H17NO2/c1-4-9-16-13-7-5-12(6-8-13)10(2)14-11(3)15/h5-8H,2,4,9H2,1,3H3,(H,14,15). The second-order valence-corrected chi connectivity index (χ2v) is 3.53. The van der Waals surface area contributed by atoms with Gasteiger partial charge >= 0.3 is 0 Å². The predicted molar refractivity (Wildman–Crippen MR) is 65.1 cm³/mol. The summed E-state index contributed by atoms with van der Waals surface area (Å²) in [5.41, 5.74) is 1.49. The van der Waals surface area contributed by atoms with Gasteiger partial charge in [0, 0.05) is 12.6 Å². The average molecular weight is 219 g/mol. The molecule has 0 aromatic heterocycles. The van der Waals surface area contributed by atoms with Crippen LogP contribution in [0.5, 0.6) is 5.75 Å². The van der Waals surface area contributed by atoms with Crippen LogP contribution in [0.25, 0.3) is 5.70 Å². The minimum absolute atomic E-state index is 0.115. The first kappa shape index (κ1) is 12.3. The smallest absolute Gasteiger partial charge is 0.221 e. The minimum atomic E-state index is -0.115. The molecule has 1 amide bonds. The zero-order valence-corrected chi connectivity index (χ0v) is 9.75. The Labute approximate surface area is 96.1 Å². The normalized spacial score (nSPS) is 9.62. The molecule has 0 saturated heterocycles. The predicted octanol–water partition coefficient (Wildman–Crippen LogP) is 2.58. The number of hydrogen-bond acceptors (Lipinski definition) is 2. The number of ether oxygens (including phenoxy) is 1. The third-order valence-corrected chi connectivity index (χ3v) is 2.00. The van der Waals surface area contributed by atoms with Gasteiger partial charge in [-0.25, -0.2) is 0 Å². The summed E-state index contributed by atoms with van der Waals surface area (Å²) >= 11 is 0. The van der Waals surface area contributed by atoms with E-state index in [9.17, 15) is 4.79 Å². The van der Waals surface area contributed by atoms with Crippen molar-refractivity contribution in [3.63, 3.8) is 0 Å². The lowest BCUT2D eigenvalue weighted by atomic mass is 10.1. The van der Waals surface area contributed by atoms with Crippen LogP contribution in [-0.4, -0.2) is 12.5 Å². The van der Waals surface area contributed by atoms with Gasteiger partial charge in [-0.15, -0.1) is 0 Å². The molecule has 1 aromatic rings. The van der Waals surface area contributed by atoms with Gasteiger partial charge in [0.05, 0.1) is 6.61 Å². The lowest BCUT2D eigenvalue weighted by molar-refractivity contribution is -0.117. The third kappa shape index (κ3) is 3.77. The molecule has 0 aliphatic rings. The Balaban J connectivity index is 2.63. The van der Waals surface area contributed by atoms with Crippen LogP contribution in [0.4, 0.5) is 0 Å². The van der Waals surface area contributed by atoms with E-state index < -0.39 is 0 Å². The number of hydrogen-bond donors (Lipinski definition) is 1. The molecular formula is C13H17NO2. The molecule has 0 bridgehead atoms. The molecule has 1 rings (SSSR count). The van der Waals surface area contributed by atoms with Gasteiger partial charge < -0.3 is 10.1 Å². The van der Waals surface area contributed by atoms with Gasteiger partial charge in [-0.2, -0.15) is 0 Å². The summed E-state index contributed by atoms with van der Waals surface area (Å²) in [6.45, 7) is 8.02. The summed E-state index contributed by atoms with van der Waals surface area (Å²) < 4.78 is 5.45. The fourth-order valence-corrected chi connectivity index (χ4v) is 1.26. The van der Waals surface area contributed by atoms with Crippen LogP contribution < -0.4 is 10.1 Å². The minimum Gasteiger partial charge on any atom is -0.494 e. The second kappa shape index (κ2) is 5.95. The number of amides is 1. The Kier molecular flexibility index (Phi) is 4.58. The summed E-state index contributed by atoms with van der Waals surface area (Å²) in [5, 5.41) is 2.65. The molecule has 3 nitrogen and oxygen atoms in total. The SMILES string of the molecule is C=C(NC(C)=O)c1ccc(OCCC)cc1. The van der Waals surface area contributed by atoms with Gasteiger partial charge in [0.1, 0.15) is 5.75 Å². The first-order valence-electron chi connectivity index (χ1n) is 5.33. The van der Waals surface area contributed by atoms with Gasteiger partial charge in [-0.1, -0.05) is 13.5 Å². The monoisotopic (exact) mass is 219 g/mol. The van der Waals surface area contributed by atoms with E-state index in [0.29, 0.717) is 12.3 Å². The van der Waals surface area contributed by atoms with Gasteiger partial charge in [-0.05, 0) is 36.2 Å². The fourth-order valence-electron chi connectivity index (χ4n) is 1.26. The Morgan fingerprint density at radius 1 is 1.38 bits per heavy atom. The molecule has 0 atom stereocenters. The highest BCUT2D eigenvalue weighted by Crippen LogP contribution is 2.16. The van der Waals surface area contributed by atoms with E-state index in [2.05, 4.69) is 18.8 Å². The zero-order chi connectivity index (χ0) is 12.0. The maximum absolute atomic E-state index is 10.8. The molecule has 1 aromatic carbocycles. The maximum Gasteiger partial charge on any atom is 0.221 e. The van der Waals surface area contributed by atoms with E-state index >= 15 is 0 Å². The third-order valence-electron chi connectivity index (χ3n) is 2.00. The fraction of sp³-hybridized carbons (Fsp3) is 0.308. The molecule has 3 heteroatoms. The van der Waals surface area contributed by atoms with E-state index in [-0.39, 0.29) is 5.91 Å². The average Bonchev–Trinajstić information content (AvgIpc) is 2.26. The summed E-state index contributed by atoms with van der Waals surface area (Å²) in [7, 11) is 0. The van der Waals surface area contributed by atoms with Crippen LogP contribution in [0.15, 0.2) is 30.8 Å². The Bertz CT molecular complexity index is 368. The molecule has 0 fully saturated rings. The summed E-state index contributed by atoms with van der Waals surface area (Å²) in [4.78, 5) is 10.8. The first-order chi connectivity index (χ1) is 7.63. The van der Waals surface area contributed by atoms with Crippen LogP contribution in [0, 0.1) is 0 Å². The highest BCUT2D eigenvalue weighted by molar-refractivity contribution is 5.84. The molecule has 16 heavy (non-hydrogen) atoms. The Morgan fingerprint density at radius 3 is 2.50 bits per heavy atom. The summed E-state index contributed by atoms with van der Waals surface area (Å²) in [6.07, 6.45) is 0.986. The molecule has 0 aliphatic heterocycles. The lowest BCUT2D eigenvalue weighted by Gasteiger charge is -2.08.